The molecule has 0 spiro atoms. The van der Waals surface area contributed by atoms with Gasteiger partial charge in [-0.2, -0.15) is 0 Å². The van der Waals surface area contributed by atoms with Gasteiger partial charge in [0.15, 0.2) is 0 Å². The van der Waals surface area contributed by atoms with Crippen molar-refractivity contribution >= 4 is 17.3 Å². The number of nitrogens with one attached hydrogen (secondary N) is 2. The fraction of sp³-hybridized carbons (Fsp3) is 0.235. The molecule has 0 saturated heterocycles. The van der Waals surface area contributed by atoms with Gasteiger partial charge in [-0.3, -0.25) is 4.79 Å². The van der Waals surface area contributed by atoms with Gasteiger partial charge in [0, 0.05) is 5.69 Å². The first-order chi connectivity index (χ1) is 10.2. The third kappa shape index (κ3) is 4.24. The number of para-hydroxylation sites is 2. The molecule has 2 rings (SSSR count). The van der Waals surface area contributed by atoms with Gasteiger partial charge in [-0.15, -0.1) is 0 Å². The lowest BCUT2D eigenvalue weighted by Gasteiger charge is -2.11. The third-order valence-corrected chi connectivity index (χ3v) is 3.20. The molecule has 0 unspecified atom stereocenters. The van der Waals surface area contributed by atoms with Crippen LogP contribution >= 0.6 is 0 Å². The second-order valence-electron chi connectivity index (χ2n) is 4.65. The molecule has 2 aromatic carbocycles. The smallest absolute Gasteiger partial charge is 0.243 e. The maximum atomic E-state index is 11.9. The molecule has 2 aromatic rings. The van der Waals surface area contributed by atoms with E-state index < -0.39 is 0 Å². The van der Waals surface area contributed by atoms with E-state index in [1.54, 1.807) is 7.11 Å². The summed E-state index contributed by atoms with van der Waals surface area (Å²) in [6, 6.07) is 15.4. The molecule has 0 aliphatic rings. The molecule has 0 atom stereocenters. The monoisotopic (exact) mass is 284 g/mol. The summed E-state index contributed by atoms with van der Waals surface area (Å²) in [6.07, 6.45) is 1.01. The summed E-state index contributed by atoms with van der Waals surface area (Å²) in [6.45, 7) is 2.33. The van der Waals surface area contributed by atoms with Crippen LogP contribution in [0.3, 0.4) is 0 Å². The molecule has 0 fully saturated rings. The number of hydrogen-bond acceptors (Lipinski definition) is 3. The number of methoxy groups -OCH3 is 1. The van der Waals surface area contributed by atoms with E-state index in [9.17, 15) is 4.79 Å². The zero-order valence-electron chi connectivity index (χ0n) is 12.3. The van der Waals surface area contributed by atoms with Crippen LogP contribution in [0.25, 0.3) is 0 Å². The minimum atomic E-state index is -0.112. The summed E-state index contributed by atoms with van der Waals surface area (Å²) >= 11 is 0. The summed E-state index contributed by atoms with van der Waals surface area (Å²) in [5.41, 5.74) is 2.88. The Balaban J connectivity index is 1.89. The number of benzene rings is 2. The number of aryl methyl sites for hydroxylation is 1. The van der Waals surface area contributed by atoms with Gasteiger partial charge in [0.1, 0.15) is 5.75 Å². The van der Waals surface area contributed by atoms with Gasteiger partial charge in [0.2, 0.25) is 5.91 Å². The summed E-state index contributed by atoms with van der Waals surface area (Å²) in [4.78, 5) is 11.9. The molecule has 0 aliphatic heterocycles. The number of amides is 1. The Morgan fingerprint density at radius 3 is 2.48 bits per heavy atom. The Kier molecular flexibility index (Phi) is 5.21. The van der Waals surface area contributed by atoms with Gasteiger partial charge in [-0.25, -0.2) is 0 Å². The van der Waals surface area contributed by atoms with Crippen LogP contribution in [0.15, 0.2) is 48.5 Å². The van der Waals surface area contributed by atoms with E-state index in [-0.39, 0.29) is 12.5 Å². The fourth-order valence-electron chi connectivity index (χ4n) is 1.98. The van der Waals surface area contributed by atoms with Crippen molar-refractivity contribution in [1.82, 2.24) is 0 Å². The molecule has 1 amide bonds. The Hall–Kier alpha value is -2.49. The number of hydrogen-bond donors (Lipinski definition) is 2. The summed E-state index contributed by atoms with van der Waals surface area (Å²) in [5.74, 6) is 0.539. The lowest BCUT2D eigenvalue weighted by atomic mass is 10.1. The van der Waals surface area contributed by atoms with Crippen LogP contribution in [0.4, 0.5) is 11.4 Å². The summed E-state index contributed by atoms with van der Waals surface area (Å²) in [7, 11) is 1.58. The van der Waals surface area contributed by atoms with Crippen molar-refractivity contribution in [3.63, 3.8) is 0 Å². The Morgan fingerprint density at radius 2 is 1.81 bits per heavy atom. The Labute approximate surface area is 125 Å². The molecule has 110 valence electrons. The number of rotatable bonds is 6. The minimum Gasteiger partial charge on any atom is -0.495 e. The van der Waals surface area contributed by atoms with Gasteiger partial charge in [-0.1, -0.05) is 31.2 Å². The standard InChI is InChI=1S/C17H20N2O2/c1-3-13-8-10-14(11-9-13)18-12-17(20)19-15-6-4-5-7-16(15)21-2/h4-11,18H,3,12H2,1-2H3,(H,19,20). The van der Waals surface area contributed by atoms with Gasteiger partial charge in [0.05, 0.1) is 19.3 Å². The van der Waals surface area contributed by atoms with Crippen LogP contribution in [0, 0.1) is 0 Å². The first kappa shape index (κ1) is 14.9. The van der Waals surface area contributed by atoms with Crippen molar-refractivity contribution in [3.05, 3.63) is 54.1 Å². The number of carbonyl (C=O) groups excluding carboxylic acids is 1. The quantitative estimate of drug-likeness (QED) is 0.855. The zero-order valence-corrected chi connectivity index (χ0v) is 12.3. The van der Waals surface area contributed by atoms with Crippen LogP contribution in [-0.2, 0) is 11.2 Å². The van der Waals surface area contributed by atoms with E-state index in [0.717, 1.165) is 12.1 Å². The number of ether oxygens (including phenoxy) is 1. The first-order valence-corrected chi connectivity index (χ1v) is 6.98. The van der Waals surface area contributed by atoms with Crippen LogP contribution < -0.4 is 15.4 Å². The van der Waals surface area contributed by atoms with Crippen LogP contribution in [-0.4, -0.2) is 19.6 Å². The highest BCUT2D eigenvalue weighted by Crippen LogP contribution is 2.22. The maximum absolute atomic E-state index is 11.9. The van der Waals surface area contributed by atoms with Gasteiger partial charge in [0.25, 0.3) is 0 Å². The molecule has 21 heavy (non-hydrogen) atoms. The summed E-state index contributed by atoms with van der Waals surface area (Å²) in [5, 5.41) is 5.93. The van der Waals surface area contributed by atoms with E-state index in [1.807, 2.05) is 36.4 Å². The van der Waals surface area contributed by atoms with Gasteiger partial charge < -0.3 is 15.4 Å². The van der Waals surface area contributed by atoms with E-state index in [4.69, 9.17) is 4.74 Å². The molecule has 4 heteroatoms. The third-order valence-electron chi connectivity index (χ3n) is 3.20. The van der Waals surface area contributed by atoms with E-state index in [1.165, 1.54) is 5.56 Å². The molecule has 0 bridgehead atoms. The second-order valence-corrected chi connectivity index (χ2v) is 4.65. The molecule has 0 aliphatic carbocycles. The first-order valence-electron chi connectivity index (χ1n) is 6.98. The number of carbonyl (C=O) groups is 1. The largest absolute Gasteiger partial charge is 0.495 e. The molecule has 4 nitrogen and oxygen atoms in total. The van der Waals surface area contributed by atoms with E-state index in [2.05, 4.69) is 29.7 Å². The van der Waals surface area contributed by atoms with Crippen LogP contribution in [0.1, 0.15) is 12.5 Å². The predicted molar refractivity (Wildman–Crippen MR) is 85.9 cm³/mol. The summed E-state index contributed by atoms with van der Waals surface area (Å²) < 4.78 is 5.20. The van der Waals surface area contributed by atoms with Gasteiger partial charge in [-0.05, 0) is 36.2 Å². The highest BCUT2D eigenvalue weighted by molar-refractivity contribution is 5.95. The molecular weight excluding hydrogens is 264 g/mol. The lowest BCUT2D eigenvalue weighted by molar-refractivity contribution is -0.114. The van der Waals surface area contributed by atoms with Crippen molar-refractivity contribution in [2.24, 2.45) is 0 Å². The Morgan fingerprint density at radius 1 is 1.10 bits per heavy atom. The van der Waals surface area contributed by atoms with Crippen molar-refractivity contribution in [2.75, 3.05) is 24.3 Å². The average Bonchev–Trinajstić information content (AvgIpc) is 2.54. The maximum Gasteiger partial charge on any atom is 0.243 e. The molecule has 2 N–H and O–H groups in total. The van der Waals surface area contributed by atoms with E-state index in [0.29, 0.717) is 11.4 Å². The lowest BCUT2D eigenvalue weighted by Crippen LogP contribution is -2.22. The van der Waals surface area contributed by atoms with E-state index >= 15 is 0 Å². The molecule has 0 radical (unpaired) electrons. The van der Waals surface area contributed by atoms with Crippen molar-refractivity contribution in [2.45, 2.75) is 13.3 Å². The highest BCUT2D eigenvalue weighted by Gasteiger charge is 2.06. The Bertz CT molecular complexity index is 594. The normalized spacial score (nSPS) is 10.0. The second kappa shape index (κ2) is 7.33. The SMILES string of the molecule is CCc1ccc(NCC(=O)Nc2ccccc2OC)cc1. The molecule has 0 aromatic heterocycles. The highest BCUT2D eigenvalue weighted by atomic mass is 16.5. The fourth-order valence-corrected chi connectivity index (χ4v) is 1.98. The predicted octanol–water partition coefficient (Wildman–Crippen LogP) is 3.31. The number of anilines is 2. The molecule has 0 heterocycles. The van der Waals surface area contributed by atoms with Crippen LogP contribution in [0.5, 0.6) is 5.75 Å². The molecule has 0 saturated carbocycles. The van der Waals surface area contributed by atoms with Gasteiger partial charge >= 0.3 is 0 Å². The zero-order chi connectivity index (χ0) is 15.1. The van der Waals surface area contributed by atoms with Crippen LogP contribution in [0.2, 0.25) is 0 Å². The topological polar surface area (TPSA) is 50.4 Å². The molecular formula is C17H20N2O2. The van der Waals surface area contributed by atoms with Crippen molar-refractivity contribution < 1.29 is 9.53 Å². The van der Waals surface area contributed by atoms with Crippen molar-refractivity contribution in [3.8, 4) is 5.75 Å². The average molecular weight is 284 g/mol. The van der Waals surface area contributed by atoms with Crippen molar-refractivity contribution in [1.29, 1.82) is 0 Å². The minimum absolute atomic E-state index is 0.112.